The number of aromatic nitrogens is 2. The van der Waals surface area contributed by atoms with Crippen molar-refractivity contribution in [3.05, 3.63) is 40.6 Å². The minimum atomic E-state index is -5.03. The lowest BCUT2D eigenvalue weighted by molar-refractivity contribution is -0.143. The number of thioether (sulfide) groups is 1. The molecule has 27 heavy (non-hydrogen) atoms. The molecule has 2 rings (SSSR count). The van der Waals surface area contributed by atoms with Gasteiger partial charge in [0.05, 0.1) is 16.8 Å². The van der Waals surface area contributed by atoms with Gasteiger partial charge in [-0.25, -0.2) is 14.8 Å². The monoisotopic (exact) mass is 411 g/mol. The highest BCUT2D eigenvalue weighted by molar-refractivity contribution is 7.98. The number of hydrogen-bond donors (Lipinski definition) is 2. The first-order chi connectivity index (χ1) is 12.3. The van der Waals surface area contributed by atoms with Crippen molar-refractivity contribution < 1.29 is 36.2 Å². The van der Waals surface area contributed by atoms with Crippen molar-refractivity contribution >= 4 is 29.2 Å². The van der Waals surface area contributed by atoms with Gasteiger partial charge in [0.15, 0.2) is 5.16 Å². The van der Waals surface area contributed by atoms with E-state index >= 15 is 0 Å². The molecular formula is C15H11F6N3O2S. The number of nitrogens with one attached hydrogen (secondary N) is 1. The number of halogens is 6. The Morgan fingerprint density at radius 3 is 1.96 bits per heavy atom. The highest BCUT2D eigenvalue weighted by Crippen LogP contribution is 2.38. The number of carboxylic acid groups (broad SMARTS) is 1. The van der Waals surface area contributed by atoms with Gasteiger partial charge in [0.25, 0.3) is 0 Å². The number of alkyl halides is 6. The molecule has 146 valence electrons. The molecule has 0 atom stereocenters. The first kappa shape index (κ1) is 20.8. The second-order valence-corrected chi connectivity index (χ2v) is 6.02. The zero-order chi connectivity index (χ0) is 20.6. The first-order valence-electron chi connectivity index (χ1n) is 7.05. The van der Waals surface area contributed by atoms with Crippen molar-refractivity contribution in [1.82, 2.24) is 9.97 Å². The van der Waals surface area contributed by atoms with Crippen LogP contribution in [0, 0.1) is 6.92 Å². The molecule has 0 aliphatic carbocycles. The number of hydrogen-bond acceptors (Lipinski definition) is 5. The van der Waals surface area contributed by atoms with Crippen molar-refractivity contribution in [1.29, 1.82) is 0 Å². The highest BCUT2D eigenvalue weighted by atomic mass is 32.2. The molecule has 0 aliphatic heterocycles. The fourth-order valence-electron chi connectivity index (χ4n) is 2.15. The molecule has 2 aromatic rings. The topological polar surface area (TPSA) is 75.1 Å². The van der Waals surface area contributed by atoms with E-state index in [-0.39, 0.29) is 16.9 Å². The minimum Gasteiger partial charge on any atom is -0.477 e. The third kappa shape index (κ3) is 4.81. The minimum absolute atomic E-state index is 0.00682. The lowest BCUT2D eigenvalue weighted by Crippen LogP contribution is -2.13. The molecule has 0 bridgehead atoms. The van der Waals surface area contributed by atoms with Crippen LogP contribution in [-0.4, -0.2) is 27.3 Å². The van der Waals surface area contributed by atoms with E-state index in [0.717, 1.165) is 11.8 Å². The van der Waals surface area contributed by atoms with Crippen molar-refractivity contribution in [2.45, 2.75) is 24.4 Å². The van der Waals surface area contributed by atoms with E-state index in [9.17, 15) is 36.2 Å². The second-order valence-electron chi connectivity index (χ2n) is 5.24. The molecule has 0 aliphatic rings. The van der Waals surface area contributed by atoms with Gasteiger partial charge >= 0.3 is 18.3 Å². The first-order valence-corrected chi connectivity index (χ1v) is 8.28. The molecule has 1 aromatic heterocycles. The molecule has 0 amide bonds. The van der Waals surface area contributed by atoms with Crippen LogP contribution in [0.3, 0.4) is 0 Å². The second kappa shape index (κ2) is 7.25. The molecule has 2 N–H and O–H groups in total. The van der Waals surface area contributed by atoms with E-state index in [2.05, 4.69) is 15.3 Å². The van der Waals surface area contributed by atoms with E-state index in [1.807, 2.05) is 0 Å². The fourth-order valence-corrected chi connectivity index (χ4v) is 2.56. The van der Waals surface area contributed by atoms with Crippen molar-refractivity contribution in [2.75, 3.05) is 11.6 Å². The number of aromatic carboxylic acids is 1. The van der Waals surface area contributed by atoms with E-state index in [0.29, 0.717) is 12.1 Å². The summed E-state index contributed by atoms with van der Waals surface area (Å²) in [6.07, 6.45) is -8.48. The summed E-state index contributed by atoms with van der Waals surface area (Å²) in [4.78, 5) is 19.1. The number of carbonyl (C=O) groups is 1. The van der Waals surface area contributed by atoms with E-state index in [1.54, 1.807) is 6.26 Å². The van der Waals surface area contributed by atoms with E-state index < -0.39 is 46.5 Å². The predicted molar refractivity (Wildman–Crippen MR) is 85.2 cm³/mol. The quantitative estimate of drug-likeness (QED) is 0.420. The molecule has 0 spiro atoms. The Kier molecular flexibility index (Phi) is 5.59. The van der Waals surface area contributed by atoms with Gasteiger partial charge in [0.2, 0.25) is 0 Å². The summed E-state index contributed by atoms with van der Waals surface area (Å²) in [6.45, 7) is 1.34. The molecule has 0 unspecified atom stereocenters. The van der Waals surface area contributed by atoms with Crippen LogP contribution in [0.25, 0.3) is 0 Å². The molecule has 0 radical (unpaired) electrons. The molecule has 1 heterocycles. The molecule has 1 aromatic carbocycles. The van der Waals surface area contributed by atoms with Crippen LogP contribution in [0.15, 0.2) is 23.4 Å². The van der Waals surface area contributed by atoms with Crippen molar-refractivity contribution in [3.63, 3.8) is 0 Å². The van der Waals surface area contributed by atoms with Crippen LogP contribution < -0.4 is 5.32 Å². The normalized spacial score (nSPS) is 12.1. The summed E-state index contributed by atoms with van der Waals surface area (Å²) in [5, 5.41) is 11.6. The summed E-state index contributed by atoms with van der Waals surface area (Å²) in [6, 6.07) is 0.857. The number of rotatable bonds is 4. The van der Waals surface area contributed by atoms with Gasteiger partial charge in [0, 0.05) is 5.69 Å². The Morgan fingerprint density at radius 1 is 1.04 bits per heavy atom. The average Bonchev–Trinajstić information content (AvgIpc) is 2.51. The number of aryl methyl sites for hydroxylation is 1. The molecule has 0 fully saturated rings. The Labute approximate surface area is 152 Å². The van der Waals surface area contributed by atoms with Gasteiger partial charge in [0.1, 0.15) is 11.4 Å². The third-order valence-electron chi connectivity index (χ3n) is 3.32. The highest BCUT2D eigenvalue weighted by Gasteiger charge is 2.37. The summed E-state index contributed by atoms with van der Waals surface area (Å²) < 4.78 is 77.7. The van der Waals surface area contributed by atoms with Crippen molar-refractivity contribution in [3.8, 4) is 0 Å². The lowest BCUT2D eigenvalue weighted by Gasteiger charge is -2.16. The summed E-state index contributed by atoms with van der Waals surface area (Å²) in [5.74, 6) is -1.89. The molecular weight excluding hydrogens is 400 g/mol. The van der Waals surface area contributed by atoms with Gasteiger partial charge in [-0.2, -0.15) is 26.3 Å². The van der Waals surface area contributed by atoms with Gasteiger partial charge in [-0.05, 0) is 31.4 Å². The number of benzene rings is 1. The lowest BCUT2D eigenvalue weighted by atomic mass is 10.1. The van der Waals surface area contributed by atoms with Gasteiger partial charge in [-0.15, -0.1) is 0 Å². The average molecular weight is 411 g/mol. The fraction of sp³-hybridized carbons (Fsp3) is 0.267. The SMILES string of the molecule is CSc1nc(C)c(C(=O)O)c(Nc2cc(C(F)(F)F)cc(C(F)(F)F)c2)n1. The molecule has 5 nitrogen and oxygen atoms in total. The van der Waals surface area contributed by atoms with Gasteiger partial charge < -0.3 is 10.4 Å². The summed E-state index contributed by atoms with van der Waals surface area (Å²) >= 11 is 1.03. The van der Waals surface area contributed by atoms with E-state index in [4.69, 9.17) is 0 Å². The van der Waals surface area contributed by atoms with E-state index in [1.165, 1.54) is 6.92 Å². The standard InChI is InChI=1S/C15H11F6N3O2S/c1-6-10(12(25)26)11(24-13(22-6)27-2)23-9-4-7(14(16,17)18)3-8(5-9)15(19,20)21/h3-5H,1-2H3,(H,25,26)(H,22,23,24). The summed E-state index contributed by atoms with van der Waals surface area (Å²) in [7, 11) is 0. The summed E-state index contributed by atoms with van der Waals surface area (Å²) in [5.41, 5.74) is -4.13. The predicted octanol–water partition coefficient (Wildman–Crippen LogP) is 4.99. The van der Waals surface area contributed by atoms with Crippen molar-refractivity contribution in [2.24, 2.45) is 0 Å². The number of nitrogens with zero attached hydrogens (tertiary/aromatic N) is 2. The number of carboxylic acids is 1. The smallest absolute Gasteiger partial charge is 0.416 e. The van der Waals surface area contributed by atoms with Crippen LogP contribution in [0.1, 0.15) is 27.2 Å². The Bertz CT molecular complexity index is 851. The van der Waals surface area contributed by atoms with Gasteiger partial charge in [-0.3, -0.25) is 0 Å². The maximum atomic E-state index is 12.9. The van der Waals surface area contributed by atoms with Crippen LogP contribution in [0.4, 0.5) is 37.8 Å². The molecule has 0 saturated carbocycles. The van der Waals surface area contributed by atoms with Gasteiger partial charge in [-0.1, -0.05) is 11.8 Å². The third-order valence-corrected chi connectivity index (χ3v) is 3.86. The largest absolute Gasteiger partial charge is 0.477 e. The van der Waals surface area contributed by atoms with Crippen LogP contribution in [-0.2, 0) is 12.4 Å². The zero-order valence-electron chi connectivity index (χ0n) is 13.7. The molecule has 0 saturated heterocycles. The van der Waals surface area contributed by atoms with Crippen LogP contribution >= 0.6 is 11.8 Å². The maximum Gasteiger partial charge on any atom is 0.416 e. The Hall–Kier alpha value is -2.50. The maximum absolute atomic E-state index is 12.9. The number of anilines is 2. The zero-order valence-corrected chi connectivity index (χ0v) is 14.5. The van der Waals surface area contributed by atoms with Crippen LogP contribution in [0.2, 0.25) is 0 Å². The Balaban J connectivity index is 2.63. The molecule has 12 heteroatoms. The van der Waals surface area contributed by atoms with Crippen LogP contribution in [0.5, 0.6) is 0 Å². The Morgan fingerprint density at radius 2 is 1.56 bits per heavy atom.